The lowest BCUT2D eigenvalue weighted by atomic mass is 10.4. The number of rotatable bonds is 6. The Labute approximate surface area is 66.7 Å². The van der Waals surface area contributed by atoms with Gasteiger partial charge in [0.25, 0.3) is 0 Å². The fourth-order valence-electron chi connectivity index (χ4n) is 0.826. The van der Waals surface area contributed by atoms with E-state index in [4.69, 9.17) is 15.5 Å². The fraction of sp³-hybridized carbons (Fsp3) is 0.857. The number of aliphatic hydroxyl groups excluding tert-OH is 2. The van der Waals surface area contributed by atoms with Crippen LogP contribution in [0.4, 0.5) is 0 Å². The lowest BCUT2D eigenvalue weighted by Gasteiger charge is -2.17. The summed E-state index contributed by atoms with van der Waals surface area (Å²) in [7, 11) is 0. The van der Waals surface area contributed by atoms with Crippen LogP contribution in [0.2, 0.25) is 0 Å². The third kappa shape index (κ3) is 5.80. The number of aliphatic hydroxyl groups is 2. The van der Waals surface area contributed by atoms with Gasteiger partial charge in [0.2, 0.25) is 0 Å². The van der Waals surface area contributed by atoms with Crippen LogP contribution in [-0.2, 0) is 0 Å². The van der Waals surface area contributed by atoms with Gasteiger partial charge in [-0.25, -0.2) is 0 Å². The van der Waals surface area contributed by atoms with Gasteiger partial charge in [-0.3, -0.25) is 4.90 Å². The van der Waals surface area contributed by atoms with Crippen LogP contribution >= 0.6 is 0 Å². The van der Waals surface area contributed by atoms with Crippen LogP contribution in [0.1, 0.15) is 6.42 Å². The van der Waals surface area contributed by atoms with E-state index in [-0.39, 0.29) is 13.2 Å². The summed E-state index contributed by atoms with van der Waals surface area (Å²) in [6.07, 6.45) is 0.444. The Morgan fingerprint density at radius 3 is 2.00 bits per heavy atom. The second-order valence-corrected chi connectivity index (χ2v) is 2.20. The molecule has 0 aromatic heterocycles. The van der Waals surface area contributed by atoms with Crippen LogP contribution in [-0.4, -0.2) is 48.0 Å². The third-order valence-corrected chi connectivity index (χ3v) is 1.37. The summed E-state index contributed by atoms with van der Waals surface area (Å²) in [6, 6.07) is 2.01. The Balaban J connectivity index is 3.44. The number of hydrogen-bond donors (Lipinski definition) is 2. The molecule has 0 saturated heterocycles. The summed E-state index contributed by atoms with van der Waals surface area (Å²) in [6.45, 7) is 1.83. The summed E-state index contributed by atoms with van der Waals surface area (Å²) >= 11 is 0. The maximum atomic E-state index is 8.56. The van der Waals surface area contributed by atoms with Crippen molar-refractivity contribution in [2.24, 2.45) is 0 Å². The maximum Gasteiger partial charge on any atom is 0.0635 e. The highest BCUT2D eigenvalue weighted by atomic mass is 16.3. The maximum absolute atomic E-state index is 8.56. The molecular formula is C7H14N2O2. The monoisotopic (exact) mass is 158 g/mol. The van der Waals surface area contributed by atoms with E-state index in [0.29, 0.717) is 26.1 Å². The van der Waals surface area contributed by atoms with E-state index in [1.807, 2.05) is 11.0 Å². The zero-order chi connectivity index (χ0) is 8.53. The molecule has 0 heterocycles. The summed E-state index contributed by atoms with van der Waals surface area (Å²) in [4.78, 5) is 1.85. The molecule has 11 heavy (non-hydrogen) atoms. The van der Waals surface area contributed by atoms with Crippen molar-refractivity contribution in [3.05, 3.63) is 0 Å². The molecule has 0 amide bonds. The predicted octanol–water partition coefficient (Wildman–Crippen LogP) is -0.813. The quantitative estimate of drug-likeness (QED) is 0.530. The van der Waals surface area contributed by atoms with Crippen molar-refractivity contribution in [2.45, 2.75) is 6.42 Å². The predicted molar refractivity (Wildman–Crippen MR) is 40.8 cm³/mol. The van der Waals surface area contributed by atoms with Gasteiger partial charge in [0, 0.05) is 26.1 Å². The summed E-state index contributed by atoms with van der Waals surface area (Å²) < 4.78 is 0. The van der Waals surface area contributed by atoms with E-state index in [9.17, 15) is 0 Å². The smallest absolute Gasteiger partial charge is 0.0635 e. The van der Waals surface area contributed by atoms with Gasteiger partial charge in [-0.1, -0.05) is 0 Å². The van der Waals surface area contributed by atoms with Crippen LogP contribution in [0, 0.1) is 11.3 Å². The first-order valence-electron chi connectivity index (χ1n) is 3.66. The molecule has 0 saturated carbocycles. The van der Waals surface area contributed by atoms with Crippen molar-refractivity contribution in [3.63, 3.8) is 0 Å². The topological polar surface area (TPSA) is 67.5 Å². The van der Waals surface area contributed by atoms with Gasteiger partial charge in [-0.15, -0.1) is 0 Å². The van der Waals surface area contributed by atoms with Gasteiger partial charge in [0.05, 0.1) is 19.3 Å². The first kappa shape index (κ1) is 10.4. The minimum atomic E-state index is 0.0748. The lowest BCUT2D eigenvalue weighted by molar-refractivity contribution is 0.163. The summed E-state index contributed by atoms with van der Waals surface area (Å²) in [5.41, 5.74) is 0. The van der Waals surface area contributed by atoms with Crippen LogP contribution in [0.3, 0.4) is 0 Å². The molecular weight excluding hydrogens is 144 g/mol. The highest BCUT2D eigenvalue weighted by Crippen LogP contribution is 1.88. The Morgan fingerprint density at radius 2 is 1.64 bits per heavy atom. The van der Waals surface area contributed by atoms with Crippen LogP contribution in [0.25, 0.3) is 0 Å². The number of nitriles is 1. The van der Waals surface area contributed by atoms with Gasteiger partial charge in [-0.2, -0.15) is 5.26 Å². The largest absolute Gasteiger partial charge is 0.395 e. The van der Waals surface area contributed by atoms with Crippen molar-refractivity contribution in [3.8, 4) is 6.07 Å². The molecule has 0 aromatic rings. The Hall–Kier alpha value is -0.630. The zero-order valence-corrected chi connectivity index (χ0v) is 6.53. The third-order valence-electron chi connectivity index (χ3n) is 1.37. The molecule has 4 heteroatoms. The molecule has 0 fully saturated rings. The molecule has 0 radical (unpaired) electrons. The van der Waals surface area contributed by atoms with E-state index in [0.717, 1.165) is 0 Å². The first-order valence-corrected chi connectivity index (χ1v) is 3.66. The van der Waals surface area contributed by atoms with E-state index in [1.54, 1.807) is 0 Å². The Morgan fingerprint density at radius 1 is 1.09 bits per heavy atom. The van der Waals surface area contributed by atoms with Crippen LogP contribution < -0.4 is 0 Å². The molecule has 0 bridgehead atoms. The molecule has 0 unspecified atom stereocenters. The summed E-state index contributed by atoms with van der Waals surface area (Å²) in [5.74, 6) is 0. The van der Waals surface area contributed by atoms with Crippen molar-refractivity contribution in [1.29, 1.82) is 5.26 Å². The number of nitrogens with zero attached hydrogens (tertiary/aromatic N) is 2. The molecule has 0 spiro atoms. The SMILES string of the molecule is N#CCCN(CCO)CCO. The first-order chi connectivity index (χ1) is 5.35. The van der Waals surface area contributed by atoms with Gasteiger partial charge in [0.1, 0.15) is 0 Å². The van der Waals surface area contributed by atoms with Crippen molar-refractivity contribution >= 4 is 0 Å². The van der Waals surface area contributed by atoms with Gasteiger partial charge < -0.3 is 10.2 Å². The van der Waals surface area contributed by atoms with E-state index in [1.165, 1.54) is 0 Å². The molecule has 0 aromatic carbocycles. The highest BCUT2D eigenvalue weighted by Gasteiger charge is 2.01. The second kappa shape index (κ2) is 7.48. The minimum absolute atomic E-state index is 0.0748. The van der Waals surface area contributed by atoms with Gasteiger partial charge in [-0.05, 0) is 0 Å². The van der Waals surface area contributed by atoms with Crippen LogP contribution in [0.5, 0.6) is 0 Å². The molecule has 0 aliphatic rings. The second-order valence-electron chi connectivity index (χ2n) is 2.20. The van der Waals surface area contributed by atoms with Crippen molar-refractivity contribution in [1.82, 2.24) is 4.90 Å². The molecule has 0 aliphatic heterocycles. The Kier molecular flexibility index (Phi) is 7.05. The standard InChI is InChI=1S/C7H14N2O2/c8-2-1-3-9(4-6-10)5-7-11/h10-11H,1,3-7H2. The molecule has 64 valence electrons. The van der Waals surface area contributed by atoms with Crippen molar-refractivity contribution < 1.29 is 10.2 Å². The van der Waals surface area contributed by atoms with Crippen LogP contribution in [0.15, 0.2) is 0 Å². The van der Waals surface area contributed by atoms with E-state index >= 15 is 0 Å². The van der Waals surface area contributed by atoms with Gasteiger partial charge >= 0.3 is 0 Å². The molecule has 0 atom stereocenters. The summed E-state index contributed by atoms with van der Waals surface area (Å²) in [5, 5.41) is 25.4. The molecule has 0 rings (SSSR count). The molecule has 4 nitrogen and oxygen atoms in total. The van der Waals surface area contributed by atoms with Gasteiger partial charge in [0.15, 0.2) is 0 Å². The highest BCUT2D eigenvalue weighted by molar-refractivity contribution is 4.71. The lowest BCUT2D eigenvalue weighted by Crippen LogP contribution is -2.30. The Bertz CT molecular complexity index is 116. The minimum Gasteiger partial charge on any atom is -0.395 e. The number of hydrogen-bond acceptors (Lipinski definition) is 4. The van der Waals surface area contributed by atoms with Crippen molar-refractivity contribution in [2.75, 3.05) is 32.8 Å². The average molecular weight is 158 g/mol. The van der Waals surface area contributed by atoms with E-state index < -0.39 is 0 Å². The average Bonchev–Trinajstić information content (AvgIpc) is 2.01. The molecule has 2 N–H and O–H groups in total. The molecule has 0 aliphatic carbocycles. The fourth-order valence-corrected chi connectivity index (χ4v) is 0.826. The normalized spacial score (nSPS) is 10.0. The zero-order valence-electron chi connectivity index (χ0n) is 6.53. The van der Waals surface area contributed by atoms with E-state index in [2.05, 4.69) is 0 Å².